The van der Waals surface area contributed by atoms with E-state index >= 15 is 0 Å². The molecule has 0 saturated carbocycles. The molecule has 0 bridgehead atoms. The van der Waals surface area contributed by atoms with Crippen LogP contribution >= 0.6 is 0 Å². The second-order valence-electron chi connectivity index (χ2n) is 3.65. The average Bonchev–Trinajstić information content (AvgIpc) is 2.79. The van der Waals surface area contributed by atoms with E-state index in [2.05, 4.69) is 4.98 Å². The van der Waals surface area contributed by atoms with Gasteiger partial charge in [-0.05, 0) is 23.8 Å². The van der Waals surface area contributed by atoms with Gasteiger partial charge in [-0.15, -0.1) is 0 Å². The molecule has 5 heteroatoms. The topological polar surface area (TPSA) is 66.6 Å². The summed E-state index contributed by atoms with van der Waals surface area (Å²) in [7, 11) is 1.84. The van der Waals surface area contributed by atoms with Gasteiger partial charge in [0.05, 0.1) is 0 Å². The van der Waals surface area contributed by atoms with Crippen molar-refractivity contribution < 1.29 is 14.3 Å². The summed E-state index contributed by atoms with van der Waals surface area (Å²) in [4.78, 5) is 16.4. The highest BCUT2D eigenvalue weighted by Crippen LogP contribution is 2.18. The van der Waals surface area contributed by atoms with Crippen LogP contribution in [0.5, 0.6) is 0 Å². The smallest absolute Gasteiger partial charge is 0.371 e. The minimum atomic E-state index is -1.06. The Morgan fingerprint density at radius 2 is 2.06 bits per heavy atom. The first-order chi connectivity index (χ1) is 8.16. The molecule has 17 heavy (non-hydrogen) atoms. The van der Waals surface area contributed by atoms with Crippen molar-refractivity contribution in [3.05, 3.63) is 48.0 Å². The van der Waals surface area contributed by atoms with Crippen LogP contribution in [0.4, 0.5) is 5.88 Å². The summed E-state index contributed by atoms with van der Waals surface area (Å²) in [6, 6.07) is 6.89. The van der Waals surface area contributed by atoms with Gasteiger partial charge < -0.3 is 14.4 Å². The molecular weight excluding hydrogens is 220 g/mol. The van der Waals surface area contributed by atoms with Crippen LogP contribution in [0.15, 0.2) is 41.1 Å². The van der Waals surface area contributed by atoms with Crippen LogP contribution in [0.25, 0.3) is 0 Å². The molecule has 0 spiro atoms. The van der Waals surface area contributed by atoms with Gasteiger partial charge in [0.2, 0.25) is 5.76 Å². The number of aromatic carboxylic acids is 1. The number of carboxylic acids is 1. The Labute approximate surface area is 98.3 Å². The van der Waals surface area contributed by atoms with E-state index in [1.165, 1.54) is 6.07 Å². The van der Waals surface area contributed by atoms with E-state index in [9.17, 15) is 4.79 Å². The highest BCUT2D eigenvalue weighted by Gasteiger charge is 2.11. The SMILES string of the molecule is CN(Cc1ccncc1)c1ccc(C(=O)O)o1. The Hall–Kier alpha value is -2.30. The summed E-state index contributed by atoms with van der Waals surface area (Å²) in [5, 5.41) is 8.75. The largest absolute Gasteiger partial charge is 0.475 e. The number of aromatic nitrogens is 1. The molecule has 1 N–H and O–H groups in total. The minimum absolute atomic E-state index is 0.0541. The number of carbonyl (C=O) groups is 1. The fourth-order valence-electron chi connectivity index (χ4n) is 1.49. The molecule has 0 aliphatic rings. The zero-order valence-electron chi connectivity index (χ0n) is 9.33. The lowest BCUT2D eigenvalue weighted by molar-refractivity contribution is 0.0663. The highest BCUT2D eigenvalue weighted by atomic mass is 16.4. The third-order valence-electron chi connectivity index (χ3n) is 2.35. The summed E-state index contributed by atoms with van der Waals surface area (Å²) in [5.41, 5.74) is 1.08. The molecule has 0 atom stereocenters. The third kappa shape index (κ3) is 2.63. The van der Waals surface area contributed by atoms with Crippen molar-refractivity contribution in [2.75, 3.05) is 11.9 Å². The number of hydrogen-bond donors (Lipinski definition) is 1. The Bertz CT molecular complexity index is 507. The molecule has 0 unspecified atom stereocenters. The number of nitrogens with zero attached hydrogens (tertiary/aromatic N) is 2. The van der Waals surface area contributed by atoms with Crippen molar-refractivity contribution >= 4 is 11.9 Å². The third-order valence-corrected chi connectivity index (χ3v) is 2.35. The standard InChI is InChI=1S/C12H12N2O3/c1-14(8-9-4-6-13-7-5-9)11-3-2-10(17-11)12(15)16/h2-7H,8H2,1H3,(H,15,16). The molecule has 5 nitrogen and oxygen atoms in total. The minimum Gasteiger partial charge on any atom is -0.475 e. The quantitative estimate of drug-likeness (QED) is 0.873. The molecule has 0 radical (unpaired) electrons. The van der Waals surface area contributed by atoms with Gasteiger partial charge in [0.15, 0.2) is 5.88 Å². The number of anilines is 1. The highest BCUT2D eigenvalue weighted by molar-refractivity contribution is 5.84. The second kappa shape index (κ2) is 4.69. The van der Waals surface area contributed by atoms with E-state index in [1.807, 2.05) is 24.1 Å². The lowest BCUT2D eigenvalue weighted by Gasteiger charge is -2.15. The number of hydrogen-bond acceptors (Lipinski definition) is 4. The van der Waals surface area contributed by atoms with Gasteiger partial charge in [-0.25, -0.2) is 4.79 Å². The second-order valence-corrected chi connectivity index (χ2v) is 3.65. The van der Waals surface area contributed by atoms with E-state index in [-0.39, 0.29) is 5.76 Å². The molecule has 88 valence electrons. The summed E-state index contributed by atoms with van der Waals surface area (Å²) in [6.45, 7) is 0.634. The Balaban J connectivity index is 2.09. The summed E-state index contributed by atoms with van der Waals surface area (Å²) in [6.07, 6.45) is 3.43. The average molecular weight is 232 g/mol. The molecular formula is C12H12N2O3. The monoisotopic (exact) mass is 232 g/mol. The lowest BCUT2D eigenvalue weighted by Crippen LogP contribution is -2.15. The molecule has 0 aliphatic heterocycles. The molecule has 2 heterocycles. The molecule has 0 aliphatic carbocycles. The predicted octanol–water partition coefficient (Wildman–Crippen LogP) is 2.01. The number of pyridine rings is 1. The normalized spacial score (nSPS) is 10.2. The van der Waals surface area contributed by atoms with Gasteiger partial charge in [0.1, 0.15) is 0 Å². The molecule has 0 aromatic carbocycles. The maximum absolute atomic E-state index is 10.7. The molecule has 0 saturated heterocycles. The van der Waals surface area contributed by atoms with Crippen molar-refractivity contribution in [3.63, 3.8) is 0 Å². The van der Waals surface area contributed by atoms with Gasteiger partial charge in [-0.3, -0.25) is 4.98 Å². The number of carboxylic acid groups (broad SMARTS) is 1. The first kappa shape index (κ1) is 11.2. The Morgan fingerprint density at radius 3 is 2.65 bits per heavy atom. The zero-order chi connectivity index (χ0) is 12.3. The van der Waals surface area contributed by atoms with Crippen LogP contribution in [-0.4, -0.2) is 23.1 Å². The predicted molar refractivity (Wildman–Crippen MR) is 62.0 cm³/mol. The van der Waals surface area contributed by atoms with E-state index in [4.69, 9.17) is 9.52 Å². The Morgan fingerprint density at radius 1 is 1.35 bits per heavy atom. The summed E-state index contributed by atoms with van der Waals surface area (Å²) in [5.74, 6) is -0.589. The molecule has 0 fully saturated rings. The molecule has 2 aromatic heterocycles. The van der Waals surface area contributed by atoms with E-state index in [0.29, 0.717) is 12.4 Å². The van der Waals surface area contributed by atoms with E-state index in [1.54, 1.807) is 18.5 Å². The summed E-state index contributed by atoms with van der Waals surface area (Å²) >= 11 is 0. The van der Waals surface area contributed by atoms with Crippen molar-refractivity contribution in [2.45, 2.75) is 6.54 Å². The van der Waals surface area contributed by atoms with Gasteiger partial charge in [0, 0.05) is 32.1 Å². The maximum Gasteiger partial charge on any atom is 0.371 e. The number of rotatable bonds is 4. The van der Waals surface area contributed by atoms with Crippen molar-refractivity contribution in [1.82, 2.24) is 4.98 Å². The van der Waals surface area contributed by atoms with Gasteiger partial charge in [-0.2, -0.15) is 0 Å². The van der Waals surface area contributed by atoms with E-state index < -0.39 is 5.97 Å². The van der Waals surface area contributed by atoms with Crippen molar-refractivity contribution in [3.8, 4) is 0 Å². The number of furan rings is 1. The van der Waals surface area contributed by atoms with Crippen LogP contribution in [0.3, 0.4) is 0 Å². The molecule has 2 aromatic rings. The maximum atomic E-state index is 10.7. The lowest BCUT2D eigenvalue weighted by atomic mass is 10.2. The first-order valence-corrected chi connectivity index (χ1v) is 5.10. The molecule has 2 rings (SSSR count). The fourth-order valence-corrected chi connectivity index (χ4v) is 1.49. The van der Waals surface area contributed by atoms with E-state index in [0.717, 1.165) is 5.56 Å². The Kier molecular flexibility index (Phi) is 3.09. The van der Waals surface area contributed by atoms with Crippen LogP contribution in [-0.2, 0) is 6.54 Å². The van der Waals surface area contributed by atoms with Gasteiger partial charge in [-0.1, -0.05) is 0 Å². The zero-order valence-corrected chi connectivity index (χ0v) is 9.33. The van der Waals surface area contributed by atoms with Crippen LogP contribution in [0.2, 0.25) is 0 Å². The van der Waals surface area contributed by atoms with Crippen LogP contribution in [0.1, 0.15) is 16.1 Å². The summed E-state index contributed by atoms with van der Waals surface area (Å²) < 4.78 is 5.19. The molecule has 0 amide bonds. The van der Waals surface area contributed by atoms with Crippen LogP contribution < -0.4 is 4.90 Å². The van der Waals surface area contributed by atoms with Gasteiger partial charge in [0.25, 0.3) is 0 Å². The van der Waals surface area contributed by atoms with Crippen molar-refractivity contribution in [1.29, 1.82) is 0 Å². The van der Waals surface area contributed by atoms with Gasteiger partial charge >= 0.3 is 5.97 Å². The van der Waals surface area contributed by atoms with Crippen LogP contribution in [0, 0.1) is 0 Å². The fraction of sp³-hybridized carbons (Fsp3) is 0.167. The first-order valence-electron chi connectivity index (χ1n) is 5.10. The van der Waals surface area contributed by atoms with Crippen molar-refractivity contribution in [2.24, 2.45) is 0 Å².